The van der Waals surface area contributed by atoms with E-state index in [1.165, 1.54) is 19.2 Å². The van der Waals surface area contributed by atoms with E-state index in [-0.39, 0.29) is 11.3 Å². The van der Waals surface area contributed by atoms with Crippen LogP contribution >= 0.6 is 0 Å². The highest BCUT2D eigenvalue weighted by molar-refractivity contribution is 5.60. The molecule has 2 aromatic rings. The molecule has 0 atom stereocenters. The van der Waals surface area contributed by atoms with Crippen LogP contribution < -0.4 is 5.56 Å². The highest BCUT2D eigenvalue weighted by Crippen LogP contribution is 2.24. The van der Waals surface area contributed by atoms with E-state index in [0.717, 1.165) is 12.3 Å². The van der Waals surface area contributed by atoms with Crippen LogP contribution in [-0.4, -0.2) is 9.97 Å². The zero-order valence-electron chi connectivity index (χ0n) is 8.42. The molecule has 16 heavy (non-hydrogen) atoms. The monoisotopic (exact) mass is 222 g/mol. The lowest BCUT2D eigenvalue weighted by molar-refractivity contribution is 0.582. The molecule has 0 aliphatic carbocycles. The molecule has 0 saturated carbocycles. The lowest BCUT2D eigenvalue weighted by atomic mass is 10.1. The molecule has 82 valence electrons. The SMILES string of the molecule is Cc1ccc(F)c(-c2cncc(=O)[nH]2)c1F. The number of hydrogen-bond acceptors (Lipinski definition) is 2. The normalized spacial score (nSPS) is 10.4. The van der Waals surface area contributed by atoms with Gasteiger partial charge in [0.1, 0.15) is 11.6 Å². The molecular formula is C11H8F2N2O. The van der Waals surface area contributed by atoms with Crippen LogP contribution in [0.5, 0.6) is 0 Å². The van der Waals surface area contributed by atoms with E-state index >= 15 is 0 Å². The van der Waals surface area contributed by atoms with Crippen molar-refractivity contribution in [3.8, 4) is 11.3 Å². The number of aromatic amines is 1. The fourth-order valence-corrected chi connectivity index (χ4v) is 1.41. The van der Waals surface area contributed by atoms with Gasteiger partial charge in [-0.05, 0) is 18.6 Å². The Bertz CT molecular complexity index is 593. The van der Waals surface area contributed by atoms with Gasteiger partial charge in [-0.25, -0.2) is 8.78 Å². The molecule has 0 bridgehead atoms. The molecule has 5 heteroatoms. The smallest absolute Gasteiger partial charge is 0.266 e. The minimum Gasteiger partial charge on any atom is -0.319 e. The van der Waals surface area contributed by atoms with Gasteiger partial charge in [0, 0.05) is 0 Å². The Hall–Kier alpha value is -2.04. The van der Waals surface area contributed by atoms with Gasteiger partial charge in [-0.15, -0.1) is 0 Å². The molecule has 0 spiro atoms. The first-order chi connectivity index (χ1) is 7.59. The highest BCUT2D eigenvalue weighted by atomic mass is 19.1. The second kappa shape index (κ2) is 3.84. The van der Waals surface area contributed by atoms with Gasteiger partial charge in [0.25, 0.3) is 5.56 Å². The summed E-state index contributed by atoms with van der Waals surface area (Å²) in [6.07, 6.45) is 2.25. The van der Waals surface area contributed by atoms with Gasteiger partial charge < -0.3 is 4.98 Å². The zero-order chi connectivity index (χ0) is 11.7. The molecule has 0 fully saturated rings. The van der Waals surface area contributed by atoms with Crippen molar-refractivity contribution in [2.45, 2.75) is 6.92 Å². The van der Waals surface area contributed by atoms with Crippen molar-refractivity contribution in [2.24, 2.45) is 0 Å². The van der Waals surface area contributed by atoms with Crippen molar-refractivity contribution in [1.29, 1.82) is 0 Å². The van der Waals surface area contributed by atoms with Crippen molar-refractivity contribution in [3.63, 3.8) is 0 Å². The molecule has 1 N–H and O–H groups in total. The van der Waals surface area contributed by atoms with Crippen LogP contribution in [0.3, 0.4) is 0 Å². The Kier molecular flexibility index (Phi) is 2.52. The van der Waals surface area contributed by atoms with Crippen molar-refractivity contribution in [2.75, 3.05) is 0 Å². The first-order valence-corrected chi connectivity index (χ1v) is 4.59. The number of benzene rings is 1. The number of H-pyrrole nitrogens is 1. The summed E-state index contributed by atoms with van der Waals surface area (Å²) in [6, 6.07) is 2.49. The molecule has 1 aromatic carbocycles. The summed E-state index contributed by atoms with van der Waals surface area (Å²) in [4.78, 5) is 16.9. The van der Waals surface area contributed by atoms with Crippen LogP contribution in [0.25, 0.3) is 11.3 Å². The van der Waals surface area contributed by atoms with Crippen molar-refractivity contribution < 1.29 is 8.78 Å². The molecule has 0 aliphatic rings. The number of aryl methyl sites for hydroxylation is 1. The van der Waals surface area contributed by atoms with Crippen molar-refractivity contribution in [1.82, 2.24) is 9.97 Å². The second-order valence-corrected chi connectivity index (χ2v) is 3.36. The lowest BCUT2D eigenvalue weighted by Gasteiger charge is -2.06. The number of halogens is 2. The summed E-state index contributed by atoms with van der Waals surface area (Å²) in [5, 5.41) is 0. The first-order valence-electron chi connectivity index (χ1n) is 4.59. The average molecular weight is 222 g/mol. The van der Waals surface area contributed by atoms with Crippen LogP contribution in [0, 0.1) is 18.6 Å². The molecule has 0 aliphatic heterocycles. The van der Waals surface area contributed by atoms with Crippen LogP contribution in [-0.2, 0) is 0 Å². The summed E-state index contributed by atoms with van der Waals surface area (Å²) >= 11 is 0. The fraction of sp³-hybridized carbons (Fsp3) is 0.0909. The third-order valence-corrected chi connectivity index (χ3v) is 2.21. The highest BCUT2D eigenvalue weighted by Gasteiger charge is 2.14. The van der Waals surface area contributed by atoms with Gasteiger partial charge >= 0.3 is 0 Å². The summed E-state index contributed by atoms with van der Waals surface area (Å²) in [7, 11) is 0. The van der Waals surface area contributed by atoms with E-state index in [9.17, 15) is 13.6 Å². The van der Waals surface area contributed by atoms with Gasteiger partial charge in [-0.2, -0.15) is 0 Å². The molecule has 0 amide bonds. The Labute approximate surface area is 89.8 Å². The fourth-order valence-electron chi connectivity index (χ4n) is 1.41. The van der Waals surface area contributed by atoms with Crippen molar-refractivity contribution in [3.05, 3.63) is 52.1 Å². The quantitative estimate of drug-likeness (QED) is 0.802. The maximum Gasteiger partial charge on any atom is 0.266 e. The lowest BCUT2D eigenvalue weighted by Crippen LogP contribution is -2.07. The minimum atomic E-state index is -0.730. The predicted octanol–water partition coefficient (Wildman–Crippen LogP) is 2.02. The van der Waals surface area contributed by atoms with Gasteiger partial charge in [-0.1, -0.05) is 6.07 Å². The van der Waals surface area contributed by atoms with E-state index in [1.807, 2.05) is 0 Å². The van der Waals surface area contributed by atoms with Crippen molar-refractivity contribution >= 4 is 0 Å². The van der Waals surface area contributed by atoms with E-state index in [0.29, 0.717) is 5.56 Å². The largest absolute Gasteiger partial charge is 0.319 e. The predicted molar refractivity (Wildman–Crippen MR) is 54.9 cm³/mol. The zero-order valence-corrected chi connectivity index (χ0v) is 8.42. The third kappa shape index (κ3) is 1.71. The van der Waals surface area contributed by atoms with Crippen LogP contribution in [0.15, 0.2) is 29.3 Å². The maximum absolute atomic E-state index is 13.7. The minimum absolute atomic E-state index is 0.0335. The molecule has 0 saturated heterocycles. The van der Waals surface area contributed by atoms with Crippen LogP contribution in [0.2, 0.25) is 0 Å². The molecule has 1 aromatic heterocycles. The summed E-state index contributed by atoms with van der Waals surface area (Å²) in [5.41, 5.74) is -0.421. The van der Waals surface area contributed by atoms with E-state index in [2.05, 4.69) is 9.97 Å². The number of nitrogens with zero attached hydrogens (tertiary/aromatic N) is 1. The molecule has 2 rings (SSSR count). The van der Waals surface area contributed by atoms with Crippen LogP contribution in [0.4, 0.5) is 8.78 Å². The number of aromatic nitrogens is 2. The Morgan fingerprint density at radius 3 is 2.69 bits per heavy atom. The average Bonchev–Trinajstić information content (AvgIpc) is 2.24. The number of hydrogen-bond donors (Lipinski definition) is 1. The Balaban J connectivity index is 2.73. The molecule has 1 heterocycles. The maximum atomic E-state index is 13.7. The summed E-state index contributed by atoms with van der Waals surface area (Å²) < 4.78 is 27.1. The van der Waals surface area contributed by atoms with Crippen LogP contribution in [0.1, 0.15) is 5.56 Å². The van der Waals surface area contributed by atoms with Gasteiger partial charge in [-0.3, -0.25) is 9.78 Å². The summed E-state index contributed by atoms with van der Waals surface area (Å²) in [6.45, 7) is 1.52. The molecule has 0 radical (unpaired) electrons. The molecule has 3 nitrogen and oxygen atoms in total. The Morgan fingerprint density at radius 1 is 1.25 bits per heavy atom. The van der Waals surface area contributed by atoms with E-state index < -0.39 is 17.2 Å². The number of nitrogens with one attached hydrogen (secondary N) is 1. The standard InChI is InChI=1S/C11H8F2N2O/c1-6-2-3-7(12)10(11(6)13)8-4-14-5-9(16)15-8/h2-5H,1H3,(H,15,16). The Morgan fingerprint density at radius 2 is 2.00 bits per heavy atom. The van der Waals surface area contributed by atoms with Gasteiger partial charge in [0.05, 0.1) is 23.7 Å². The third-order valence-electron chi connectivity index (χ3n) is 2.21. The molecule has 0 unspecified atom stereocenters. The van der Waals surface area contributed by atoms with E-state index in [1.54, 1.807) is 0 Å². The topological polar surface area (TPSA) is 45.8 Å². The van der Waals surface area contributed by atoms with E-state index in [4.69, 9.17) is 0 Å². The summed E-state index contributed by atoms with van der Waals surface area (Å²) in [5.74, 6) is -1.42. The van der Waals surface area contributed by atoms with Gasteiger partial charge in [0.2, 0.25) is 0 Å². The van der Waals surface area contributed by atoms with Gasteiger partial charge in [0.15, 0.2) is 0 Å². The molecular weight excluding hydrogens is 214 g/mol. The first kappa shape index (κ1) is 10.5. The number of rotatable bonds is 1. The second-order valence-electron chi connectivity index (χ2n) is 3.36.